The molecule has 2 fully saturated rings. The average Bonchev–Trinajstić information content (AvgIpc) is 2.34. The van der Waals surface area contributed by atoms with Gasteiger partial charge in [-0.1, -0.05) is 6.92 Å². The Balaban J connectivity index is 1.88. The van der Waals surface area contributed by atoms with Gasteiger partial charge in [-0.25, -0.2) is 0 Å². The molecule has 94 valence electrons. The van der Waals surface area contributed by atoms with Gasteiger partial charge in [-0.15, -0.1) is 0 Å². The lowest BCUT2D eigenvalue weighted by Crippen LogP contribution is -2.47. The Morgan fingerprint density at radius 2 is 1.56 bits per heavy atom. The number of nitrogens with two attached hydrogens (primary N) is 1. The molecule has 2 rings (SSSR count). The lowest BCUT2D eigenvalue weighted by atomic mass is 9.89. The van der Waals surface area contributed by atoms with Gasteiger partial charge in [0.15, 0.2) is 0 Å². The van der Waals surface area contributed by atoms with Crippen LogP contribution in [0.5, 0.6) is 0 Å². The minimum atomic E-state index is 0.483. The van der Waals surface area contributed by atoms with Crippen LogP contribution in [0.2, 0.25) is 0 Å². The van der Waals surface area contributed by atoms with Gasteiger partial charge in [-0.05, 0) is 56.6 Å². The van der Waals surface area contributed by atoms with Crippen LogP contribution in [0.3, 0.4) is 0 Å². The second-order valence-corrected chi connectivity index (χ2v) is 6.47. The molecule has 2 nitrogen and oxygen atoms in total. The van der Waals surface area contributed by atoms with Crippen LogP contribution in [0.25, 0.3) is 0 Å². The Kier molecular flexibility index (Phi) is 4.98. The quantitative estimate of drug-likeness (QED) is 0.824. The fraction of sp³-hybridized carbons (Fsp3) is 1.00. The average molecular weight is 242 g/mol. The van der Waals surface area contributed by atoms with Crippen LogP contribution in [0, 0.1) is 0 Å². The molecular formula is C13H26N2S. The zero-order valence-corrected chi connectivity index (χ0v) is 11.3. The summed E-state index contributed by atoms with van der Waals surface area (Å²) in [6.45, 7) is 3.56. The first-order chi connectivity index (χ1) is 7.81. The first-order valence-corrected chi connectivity index (χ1v) is 8.05. The first-order valence-electron chi connectivity index (χ1n) is 6.90. The van der Waals surface area contributed by atoms with Crippen molar-refractivity contribution in [3.63, 3.8) is 0 Å². The predicted molar refractivity (Wildman–Crippen MR) is 73.0 cm³/mol. The molecule has 1 saturated carbocycles. The molecule has 0 unspecified atom stereocenters. The van der Waals surface area contributed by atoms with Gasteiger partial charge in [-0.2, -0.15) is 11.8 Å². The molecule has 2 aliphatic rings. The van der Waals surface area contributed by atoms with E-state index in [2.05, 4.69) is 23.6 Å². The summed E-state index contributed by atoms with van der Waals surface area (Å²) in [5.41, 5.74) is 6.00. The molecule has 1 aliphatic carbocycles. The Labute approximate surface area is 104 Å². The van der Waals surface area contributed by atoms with E-state index in [0.29, 0.717) is 6.04 Å². The summed E-state index contributed by atoms with van der Waals surface area (Å²) in [6, 6.07) is 2.18. The van der Waals surface area contributed by atoms with Gasteiger partial charge in [0.2, 0.25) is 0 Å². The van der Waals surface area contributed by atoms with Gasteiger partial charge >= 0.3 is 0 Å². The van der Waals surface area contributed by atoms with E-state index in [1.165, 1.54) is 56.6 Å². The van der Waals surface area contributed by atoms with Gasteiger partial charge in [0.25, 0.3) is 0 Å². The van der Waals surface area contributed by atoms with E-state index < -0.39 is 0 Å². The van der Waals surface area contributed by atoms with Gasteiger partial charge in [0.05, 0.1) is 0 Å². The van der Waals surface area contributed by atoms with E-state index in [4.69, 9.17) is 5.73 Å². The Morgan fingerprint density at radius 3 is 2.12 bits per heavy atom. The fourth-order valence-electron chi connectivity index (χ4n) is 3.26. The lowest BCUT2D eigenvalue weighted by molar-refractivity contribution is 0.100. The zero-order chi connectivity index (χ0) is 11.4. The van der Waals surface area contributed by atoms with Crippen LogP contribution >= 0.6 is 11.8 Å². The van der Waals surface area contributed by atoms with Crippen molar-refractivity contribution in [1.82, 2.24) is 4.90 Å². The molecule has 1 saturated heterocycles. The highest BCUT2D eigenvalue weighted by molar-refractivity contribution is 7.99. The molecule has 0 aromatic carbocycles. The minimum Gasteiger partial charge on any atom is -0.328 e. The van der Waals surface area contributed by atoms with Gasteiger partial charge < -0.3 is 5.73 Å². The zero-order valence-electron chi connectivity index (χ0n) is 10.5. The molecule has 16 heavy (non-hydrogen) atoms. The number of thioether (sulfide) groups is 1. The van der Waals surface area contributed by atoms with Crippen molar-refractivity contribution in [2.75, 3.05) is 18.1 Å². The minimum absolute atomic E-state index is 0.483. The van der Waals surface area contributed by atoms with E-state index in [-0.39, 0.29) is 0 Å². The largest absolute Gasteiger partial charge is 0.328 e. The molecular weight excluding hydrogens is 216 g/mol. The summed E-state index contributed by atoms with van der Waals surface area (Å²) >= 11 is 2.13. The van der Waals surface area contributed by atoms with Crippen molar-refractivity contribution < 1.29 is 0 Å². The third-order valence-corrected chi connectivity index (χ3v) is 5.28. The molecule has 2 N–H and O–H groups in total. The van der Waals surface area contributed by atoms with Crippen molar-refractivity contribution in [2.45, 2.75) is 63.6 Å². The Hall–Kier alpha value is 0.270. The second kappa shape index (κ2) is 6.27. The topological polar surface area (TPSA) is 29.3 Å². The van der Waals surface area contributed by atoms with Crippen LogP contribution in [-0.4, -0.2) is 41.1 Å². The lowest BCUT2D eigenvalue weighted by Gasteiger charge is -2.41. The summed E-state index contributed by atoms with van der Waals surface area (Å²) in [4.78, 5) is 2.78. The number of rotatable bonds is 3. The predicted octanol–water partition coefficient (Wildman–Crippen LogP) is 2.47. The van der Waals surface area contributed by atoms with Crippen molar-refractivity contribution in [3.8, 4) is 0 Å². The standard InChI is InChI=1S/C13H26N2S/c1-2-15(13-7-9-16-10-8-13)12-5-3-11(14)4-6-12/h11-13H,2-10,14H2,1H3. The fourth-order valence-corrected chi connectivity index (χ4v) is 4.35. The highest BCUT2D eigenvalue weighted by atomic mass is 32.2. The number of hydrogen-bond donors (Lipinski definition) is 1. The molecule has 1 heterocycles. The van der Waals surface area contributed by atoms with Crippen LogP contribution < -0.4 is 5.73 Å². The smallest absolute Gasteiger partial charge is 0.0114 e. The molecule has 0 aromatic rings. The molecule has 3 heteroatoms. The van der Waals surface area contributed by atoms with E-state index in [9.17, 15) is 0 Å². The maximum absolute atomic E-state index is 6.00. The molecule has 0 aromatic heterocycles. The Morgan fingerprint density at radius 1 is 1.00 bits per heavy atom. The highest BCUT2D eigenvalue weighted by Crippen LogP contribution is 2.28. The molecule has 0 radical (unpaired) electrons. The maximum Gasteiger partial charge on any atom is 0.0114 e. The van der Waals surface area contributed by atoms with Gasteiger partial charge in [0, 0.05) is 18.1 Å². The van der Waals surface area contributed by atoms with Crippen LogP contribution in [0.1, 0.15) is 45.4 Å². The molecule has 0 atom stereocenters. The van der Waals surface area contributed by atoms with Gasteiger partial charge in [0.1, 0.15) is 0 Å². The summed E-state index contributed by atoms with van der Waals surface area (Å²) in [6.07, 6.45) is 7.95. The van der Waals surface area contributed by atoms with E-state index >= 15 is 0 Å². The molecule has 0 spiro atoms. The number of nitrogens with zero attached hydrogens (tertiary/aromatic N) is 1. The van der Waals surface area contributed by atoms with E-state index in [1.807, 2.05) is 0 Å². The van der Waals surface area contributed by atoms with E-state index in [1.54, 1.807) is 0 Å². The van der Waals surface area contributed by atoms with Gasteiger partial charge in [-0.3, -0.25) is 4.90 Å². The second-order valence-electron chi connectivity index (χ2n) is 5.24. The van der Waals surface area contributed by atoms with Crippen molar-refractivity contribution in [1.29, 1.82) is 0 Å². The van der Waals surface area contributed by atoms with Crippen molar-refractivity contribution >= 4 is 11.8 Å². The van der Waals surface area contributed by atoms with Crippen LogP contribution in [0.15, 0.2) is 0 Å². The number of hydrogen-bond acceptors (Lipinski definition) is 3. The molecule has 0 bridgehead atoms. The molecule has 1 aliphatic heterocycles. The van der Waals surface area contributed by atoms with Crippen molar-refractivity contribution in [2.24, 2.45) is 5.73 Å². The van der Waals surface area contributed by atoms with Crippen LogP contribution in [0.4, 0.5) is 0 Å². The third kappa shape index (κ3) is 3.14. The third-order valence-electron chi connectivity index (χ3n) is 4.24. The summed E-state index contributed by atoms with van der Waals surface area (Å²) in [7, 11) is 0. The maximum atomic E-state index is 6.00. The monoisotopic (exact) mass is 242 g/mol. The first kappa shape index (κ1) is 12.7. The SMILES string of the molecule is CCN(C1CCSCC1)C1CCC(N)CC1. The van der Waals surface area contributed by atoms with Crippen molar-refractivity contribution in [3.05, 3.63) is 0 Å². The summed E-state index contributed by atoms with van der Waals surface area (Å²) in [5.74, 6) is 2.74. The normalized spacial score (nSPS) is 33.2. The summed E-state index contributed by atoms with van der Waals surface area (Å²) in [5, 5.41) is 0. The summed E-state index contributed by atoms with van der Waals surface area (Å²) < 4.78 is 0. The van der Waals surface area contributed by atoms with E-state index in [0.717, 1.165) is 12.1 Å². The highest BCUT2D eigenvalue weighted by Gasteiger charge is 2.29. The molecule has 0 amide bonds. The Bertz CT molecular complexity index is 196. The van der Waals surface area contributed by atoms with Crippen LogP contribution in [-0.2, 0) is 0 Å².